The average Bonchev–Trinajstić information content (AvgIpc) is 2.59. The van der Waals surface area contributed by atoms with Crippen LogP contribution in [0.15, 0.2) is 54.6 Å². The van der Waals surface area contributed by atoms with E-state index in [-0.39, 0.29) is 11.9 Å². The number of pyridine rings is 1. The summed E-state index contributed by atoms with van der Waals surface area (Å²) in [7, 11) is 0. The van der Waals surface area contributed by atoms with Gasteiger partial charge in [0.05, 0.1) is 18.0 Å². The number of hydrogen-bond donors (Lipinski definition) is 1. The molecule has 0 fully saturated rings. The molecule has 0 saturated carbocycles. The summed E-state index contributed by atoms with van der Waals surface area (Å²) in [5, 5.41) is 4.19. The van der Waals surface area contributed by atoms with Crippen molar-refractivity contribution in [2.75, 3.05) is 0 Å². The molecule has 1 amide bonds. The normalized spacial score (nSPS) is 12.1. The van der Waals surface area contributed by atoms with Crippen LogP contribution in [0.1, 0.15) is 35.3 Å². The van der Waals surface area contributed by atoms with Gasteiger partial charge in [0.1, 0.15) is 0 Å². The molecule has 1 N–H and O–H groups in total. The minimum atomic E-state index is -0.00673. The Labute approximate surface area is 142 Å². The summed E-state index contributed by atoms with van der Waals surface area (Å²) in [6, 6.07) is 18.1. The number of carbonyl (C=O) groups excluding carboxylic acids is 1. The van der Waals surface area contributed by atoms with Crippen molar-refractivity contribution in [2.45, 2.75) is 33.2 Å². The Balaban J connectivity index is 1.81. The summed E-state index contributed by atoms with van der Waals surface area (Å²) < 4.78 is 0. The fourth-order valence-corrected chi connectivity index (χ4v) is 3.11. The Morgan fingerprint density at radius 1 is 1.04 bits per heavy atom. The third-order valence-corrected chi connectivity index (χ3v) is 4.50. The van der Waals surface area contributed by atoms with Gasteiger partial charge >= 0.3 is 0 Å². The van der Waals surface area contributed by atoms with E-state index in [1.54, 1.807) is 0 Å². The van der Waals surface area contributed by atoms with Crippen molar-refractivity contribution in [1.82, 2.24) is 10.3 Å². The van der Waals surface area contributed by atoms with Crippen LogP contribution in [-0.2, 0) is 11.2 Å². The Kier molecular flexibility index (Phi) is 4.61. The van der Waals surface area contributed by atoms with Crippen LogP contribution in [0.2, 0.25) is 0 Å². The quantitative estimate of drug-likeness (QED) is 0.780. The molecule has 0 bridgehead atoms. The van der Waals surface area contributed by atoms with E-state index in [1.807, 2.05) is 62.4 Å². The Morgan fingerprint density at radius 2 is 1.71 bits per heavy atom. The van der Waals surface area contributed by atoms with Crippen molar-refractivity contribution < 1.29 is 4.79 Å². The van der Waals surface area contributed by atoms with E-state index in [9.17, 15) is 4.79 Å². The number of aromatic nitrogens is 1. The second-order valence-corrected chi connectivity index (χ2v) is 6.19. The third kappa shape index (κ3) is 3.30. The molecule has 0 radical (unpaired) electrons. The van der Waals surface area contributed by atoms with Gasteiger partial charge in [-0.3, -0.25) is 9.78 Å². The lowest BCUT2D eigenvalue weighted by atomic mass is 9.99. The molecule has 2 aromatic carbocycles. The van der Waals surface area contributed by atoms with Crippen LogP contribution in [0.25, 0.3) is 10.9 Å². The molecular weight excluding hydrogens is 296 g/mol. The van der Waals surface area contributed by atoms with Crippen molar-refractivity contribution in [2.24, 2.45) is 0 Å². The van der Waals surface area contributed by atoms with E-state index in [1.165, 1.54) is 0 Å². The van der Waals surface area contributed by atoms with E-state index in [4.69, 9.17) is 0 Å². The maximum atomic E-state index is 12.5. The number of carbonyl (C=O) groups is 1. The van der Waals surface area contributed by atoms with Crippen LogP contribution in [-0.4, -0.2) is 10.9 Å². The number of nitrogens with one attached hydrogen (secondary N) is 1. The maximum Gasteiger partial charge on any atom is 0.224 e. The van der Waals surface area contributed by atoms with Crippen molar-refractivity contribution in [3.05, 3.63) is 77.0 Å². The van der Waals surface area contributed by atoms with Crippen molar-refractivity contribution >= 4 is 16.8 Å². The lowest BCUT2D eigenvalue weighted by Crippen LogP contribution is -2.28. The average molecular weight is 318 g/mol. The zero-order chi connectivity index (χ0) is 17.1. The summed E-state index contributed by atoms with van der Waals surface area (Å²) in [4.78, 5) is 17.1. The van der Waals surface area contributed by atoms with Crippen molar-refractivity contribution in [1.29, 1.82) is 0 Å². The van der Waals surface area contributed by atoms with E-state index in [2.05, 4.69) is 23.3 Å². The highest BCUT2D eigenvalue weighted by atomic mass is 16.1. The van der Waals surface area contributed by atoms with Gasteiger partial charge in [-0.2, -0.15) is 0 Å². The number of para-hydroxylation sites is 1. The van der Waals surface area contributed by atoms with Gasteiger partial charge in [0.2, 0.25) is 5.91 Å². The zero-order valence-corrected chi connectivity index (χ0v) is 14.3. The molecule has 24 heavy (non-hydrogen) atoms. The monoisotopic (exact) mass is 318 g/mol. The fourth-order valence-electron chi connectivity index (χ4n) is 3.11. The molecule has 3 nitrogen and oxygen atoms in total. The first-order chi connectivity index (χ1) is 11.6. The van der Waals surface area contributed by atoms with Gasteiger partial charge < -0.3 is 5.32 Å². The highest BCUT2D eigenvalue weighted by Gasteiger charge is 2.15. The minimum Gasteiger partial charge on any atom is -0.349 e. The van der Waals surface area contributed by atoms with E-state index < -0.39 is 0 Å². The standard InChI is InChI=1S/C21H22N2O/c1-14-18-11-7-8-12-20(18)22-16(3)19(14)13-21(24)23-15(2)17-9-5-4-6-10-17/h4-12,15H,13H2,1-3H3,(H,23,24). The predicted molar refractivity (Wildman–Crippen MR) is 97.9 cm³/mol. The Hall–Kier alpha value is -2.68. The SMILES string of the molecule is Cc1nc2ccccc2c(C)c1CC(=O)NC(C)c1ccccc1. The van der Waals surface area contributed by atoms with Crippen LogP contribution in [0.4, 0.5) is 0 Å². The first kappa shape index (κ1) is 16.2. The lowest BCUT2D eigenvalue weighted by Gasteiger charge is -2.16. The molecule has 1 aromatic heterocycles. The number of nitrogens with zero attached hydrogens (tertiary/aromatic N) is 1. The molecule has 0 aliphatic rings. The smallest absolute Gasteiger partial charge is 0.224 e. The van der Waals surface area contributed by atoms with Gasteiger partial charge in [0.15, 0.2) is 0 Å². The summed E-state index contributed by atoms with van der Waals surface area (Å²) in [6.07, 6.45) is 0.354. The molecule has 3 aromatic rings. The molecule has 1 atom stereocenters. The molecule has 122 valence electrons. The molecule has 3 rings (SSSR count). The highest BCUT2D eigenvalue weighted by Crippen LogP contribution is 2.23. The number of benzene rings is 2. The highest BCUT2D eigenvalue weighted by molar-refractivity contribution is 5.86. The van der Waals surface area contributed by atoms with Gasteiger partial charge in [0.25, 0.3) is 0 Å². The molecule has 1 unspecified atom stereocenters. The Morgan fingerprint density at radius 3 is 2.46 bits per heavy atom. The van der Waals surface area contributed by atoms with Gasteiger partial charge in [-0.25, -0.2) is 0 Å². The minimum absolute atomic E-state index is 0.00673. The second kappa shape index (κ2) is 6.83. The largest absolute Gasteiger partial charge is 0.349 e. The molecule has 0 spiro atoms. The molecule has 0 aliphatic heterocycles. The molecule has 0 saturated heterocycles. The predicted octanol–water partition coefficient (Wildman–Crippen LogP) is 4.27. The van der Waals surface area contributed by atoms with Crippen LogP contribution in [0.5, 0.6) is 0 Å². The summed E-state index contributed by atoms with van der Waals surface area (Å²) >= 11 is 0. The van der Waals surface area contributed by atoms with Gasteiger partial charge in [0, 0.05) is 11.1 Å². The van der Waals surface area contributed by atoms with Gasteiger partial charge in [-0.05, 0) is 43.5 Å². The first-order valence-electron chi connectivity index (χ1n) is 8.25. The van der Waals surface area contributed by atoms with Crippen molar-refractivity contribution in [3.8, 4) is 0 Å². The van der Waals surface area contributed by atoms with Crippen LogP contribution in [0.3, 0.4) is 0 Å². The van der Waals surface area contributed by atoms with Crippen LogP contribution in [0, 0.1) is 13.8 Å². The zero-order valence-electron chi connectivity index (χ0n) is 14.3. The number of fused-ring (bicyclic) bond motifs is 1. The fraction of sp³-hybridized carbons (Fsp3) is 0.238. The van der Waals surface area contributed by atoms with Crippen molar-refractivity contribution in [3.63, 3.8) is 0 Å². The summed E-state index contributed by atoms with van der Waals surface area (Å²) in [5.41, 5.74) is 5.17. The second-order valence-electron chi connectivity index (χ2n) is 6.19. The van der Waals surface area contributed by atoms with E-state index in [0.717, 1.165) is 33.3 Å². The summed E-state index contributed by atoms with van der Waals surface area (Å²) in [6.45, 7) is 6.05. The number of aryl methyl sites for hydroxylation is 2. The number of rotatable bonds is 4. The molecule has 0 aliphatic carbocycles. The van der Waals surface area contributed by atoms with Gasteiger partial charge in [-0.1, -0.05) is 48.5 Å². The topological polar surface area (TPSA) is 42.0 Å². The Bertz CT molecular complexity index is 872. The van der Waals surface area contributed by atoms with Crippen LogP contribution < -0.4 is 5.32 Å². The first-order valence-corrected chi connectivity index (χ1v) is 8.25. The number of hydrogen-bond acceptors (Lipinski definition) is 2. The lowest BCUT2D eigenvalue weighted by molar-refractivity contribution is -0.121. The maximum absolute atomic E-state index is 12.5. The van der Waals surface area contributed by atoms with E-state index >= 15 is 0 Å². The van der Waals surface area contributed by atoms with Crippen LogP contribution >= 0.6 is 0 Å². The number of amides is 1. The van der Waals surface area contributed by atoms with Gasteiger partial charge in [-0.15, -0.1) is 0 Å². The van der Waals surface area contributed by atoms with E-state index in [0.29, 0.717) is 6.42 Å². The molecule has 1 heterocycles. The molecule has 3 heteroatoms. The molecular formula is C21H22N2O. The summed E-state index contributed by atoms with van der Waals surface area (Å²) in [5.74, 6) is 0.0228. The third-order valence-electron chi connectivity index (χ3n) is 4.50.